The van der Waals surface area contributed by atoms with Crippen molar-refractivity contribution in [3.05, 3.63) is 200 Å². The lowest BCUT2D eigenvalue weighted by atomic mass is 10.0. The van der Waals surface area contributed by atoms with Crippen molar-refractivity contribution in [3.63, 3.8) is 0 Å². The molecule has 0 spiro atoms. The Kier molecular flexibility index (Phi) is 7.10. The molecule has 3 nitrogen and oxygen atoms in total. The van der Waals surface area contributed by atoms with E-state index < -0.39 is 0 Å². The lowest BCUT2D eigenvalue weighted by Crippen LogP contribution is -1.95. The van der Waals surface area contributed by atoms with Crippen molar-refractivity contribution in [2.75, 3.05) is 0 Å². The molecule has 266 valence electrons. The first-order valence-electron chi connectivity index (χ1n) is 19.3. The number of pyridine rings is 1. The highest BCUT2D eigenvalue weighted by Gasteiger charge is 2.17. The van der Waals surface area contributed by atoms with Gasteiger partial charge in [0.05, 0.1) is 34.0 Å². The fourth-order valence-corrected chi connectivity index (χ4v) is 9.98. The van der Waals surface area contributed by atoms with Crippen molar-refractivity contribution in [2.45, 2.75) is 0 Å². The molecule has 0 aliphatic rings. The van der Waals surface area contributed by atoms with Crippen LogP contribution in [0.25, 0.3) is 109 Å². The molecule has 0 aliphatic heterocycles. The van der Waals surface area contributed by atoms with Crippen LogP contribution in [-0.2, 0) is 0 Å². The van der Waals surface area contributed by atoms with E-state index in [0.29, 0.717) is 0 Å². The van der Waals surface area contributed by atoms with Crippen LogP contribution in [0, 0.1) is 0 Å². The summed E-state index contributed by atoms with van der Waals surface area (Å²) in [7, 11) is 0. The number of fused-ring (bicyclic) bond motifs is 9. The van der Waals surface area contributed by atoms with E-state index in [1.807, 2.05) is 23.7 Å². The molecule has 12 aromatic rings. The minimum absolute atomic E-state index is 1.06. The molecule has 57 heavy (non-hydrogen) atoms. The minimum atomic E-state index is 1.06. The van der Waals surface area contributed by atoms with Gasteiger partial charge in [0.15, 0.2) is 0 Å². The third kappa shape index (κ3) is 5.08. The highest BCUT2D eigenvalue weighted by Crippen LogP contribution is 2.41. The van der Waals surface area contributed by atoms with Crippen LogP contribution in [0.4, 0.5) is 0 Å². The van der Waals surface area contributed by atoms with Crippen LogP contribution in [0.15, 0.2) is 200 Å². The zero-order valence-electron chi connectivity index (χ0n) is 30.8. The summed E-state index contributed by atoms with van der Waals surface area (Å²) in [4.78, 5) is 4.80. The quantitative estimate of drug-likeness (QED) is 0.172. The summed E-state index contributed by atoms with van der Waals surface area (Å²) >= 11 is 1.85. The molecular weight excluding hydrogens is 711 g/mol. The van der Waals surface area contributed by atoms with E-state index in [0.717, 1.165) is 22.5 Å². The van der Waals surface area contributed by atoms with Crippen LogP contribution in [0.2, 0.25) is 0 Å². The molecule has 0 amide bonds. The van der Waals surface area contributed by atoms with Gasteiger partial charge in [-0.1, -0.05) is 115 Å². The van der Waals surface area contributed by atoms with E-state index >= 15 is 0 Å². The van der Waals surface area contributed by atoms with Crippen LogP contribution >= 0.6 is 11.3 Å². The summed E-state index contributed by atoms with van der Waals surface area (Å²) in [6.45, 7) is 0. The average molecular weight is 744 g/mol. The van der Waals surface area contributed by atoms with Gasteiger partial charge < -0.3 is 9.13 Å². The fourth-order valence-electron chi connectivity index (χ4n) is 8.91. The smallest absolute Gasteiger partial charge is 0.0651 e. The first kappa shape index (κ1) is 32.0. The van der Waals surface area contributed by atoms with Crippen LogP contribution in [0.3, 0.4) is 0 Å². The second-order valence-corrected chi connectivity index (χ2v) is 15.9. The Balaban J connectivity index is 1.02. The SMILES string of the molecule is c1ccc(-c2ccc3c(c2)c2cc(-c4ccccc4)ccc2n3-c2ccc3sc4ccc(-c5cncc(-n6c7ccccc7c7ccccc76)c5)cc4c3c2)cc1. The molecule has 0 fully saturated rings. The molecular formula is C53H33N3S. The lowest BCUT2D eigenvalue weighted by Gasteiger charge is -2.10. The zero-order valence-corrected chi connectivity index (χ0v) is 31.6. The molecule has 0 saturated carbocycles. The second-order valence-electron chi connectivity index (χ2n) is 14.8. The number of hydrogen-bond acceptors (Lipinski definition) is 2. The summed E-state index contributed by atoms with van der Waals surface area (Å²) < 4.78 is 7.34. The van der Waals surface area contributed by atoms with Crippen LogP contribution < -0.4 is 0 Å². The van der Waals surface area contributed by atoms with E-state index in [-0.39, 0.29) is 0 Å². The number of rotatable bonds is 5. The number of nitrogens with zero attached hydrogens (tertiary/aromatic N) is 3. The topological polar surface area (TPSA) is 22.8 Å². The van der Waals surface area contributed by atoms with Crippen LogP contribution in [0.5, 0.6) is 0 Å². The Morgan fingerprint density at radius 1 is 0.298 bits per heavy atom. The summed E-state index contributed by atoms with van der Waals surface area (Å²) in [6.07, 6.45) is 3.97. The van der Waals surface area contributed by atoms with Crippen LogP contribution in [-0.4, -0.2) is 14.1 Å². The average Bonchev–Trinajstić information content (AvgIpc) is 3.93. The van der Waals surface area contributed by atoms with Crippen LogP contribution in [0.1, 0.15) is 0 Å². The largest absolute Gasteiger partial charge is 0.309 e. The van der Waals surface area contributed by atoms with Crippen molar-refractivity contribution in [1.82, 2.24) is 14.1 Å². The first-order valence-corrected chi connectivity index (χ1v) is 20.2. The fraction of sp³-hybridized carbons (Fsp3) is 0. The lowest BCUT2D eigenvalue weighted by molar-refractivity contribution is 1.14. The van der Waals surface area contributed by atoms with Gasteiger partial charge in [-0.05, 0) is 101 Å². The van der Waals surface area contributed by atoms with Gasteiger partial charge in [-0.15, -0.1) is 11.3 Å². The Labute approximate surface area is 333 Å². The van der Waals surface area contributed by atoms with Gasteiger partial charge in [0.2, 0.25) is 0 Å². The highest BCUT2D eigenvalue weighted by atomic mass is 32.1. The standard InChI is InChI=1S/C53H33N3S/c1-3-11-34(12-4-1)36-19-23-50-44(28-36)45-29-37(35-13-5-2-6-14-35)20-24-51(45)55(50)40-22-26-53-47(31-40)46-30-38(21-25-52(46)57-53)39-27-41(33-54-32-39)56-48-17-9-7-15-42(48)43-16-8-10-18-49(43)56/h1-33H. The number of para-hydroxylation sites is 2. The normalized spacial score (nSPS) is 11.9. The molecule has 4 heterocycles. The molecule has 4 aromatic heterocycles. The highest BCUT2D eigenvalue weighted by molar-refractivity contribution is 7.25. The monoisotopic (exact) mass is 743 g/mol. The second kappa shape index (κ2) is 12.6. The molecule has 0 saturated heterocycles. The molecule has 0 radical (unpaired) electrons. The van der Waals surface area contributed by atoms with Gasteiger partial charge in [0, 0.05) is 59.2 Å². The summed E-state index contributed by atoms with van der Waals surface area (Å²) in [5.41, 5.74) is 14.1. The van der Waals surface area contributed by atoms with Gasteiger partial charge in [-0.25, -0.2) is 0 Å². The number of benzene rings is 8. The summed E-state index contributed by atoms with van der Waals surface area (Å²) in [6, 6.07) is 68.6. The molecule has 0 atom stereocenters. The van der Waals surface area contributed by atoms with Gasteiger partial charge in [-0.3, -0.25) is 4.98 Å². The van der Waals surface area contributed by atoms with Gasteiger partial charge >= 0.3 is 0 Å². The Morgan fingerprint density at radius 3 is 1.40 bits per heavy atom. The number of thiophene rings is 1. The summed E-state index contributed by atoms with van der Waals surface area (Å²) in [5, 5.41) is 7.51. The maximum Gasteiger partial charge on any atom is 0.0651 e. The molecule has 0 bridgehead atoms. The van der Waals surface area contributed by atoms with E-state index in [1.54, 1.807) is 0 Å². The van der Waals surface area contributed by atoms with Gasteiger partial charge in [-0.2, -0.15) is 0 Å². The number of aromatic nitrogens is 3. The predicted molar refractivity (Wildman–Crippen MR) is 242 cm³/mol. The predicted octanol–water partition coefficient (Wildman–Crippen LogP) is 14.6. The van der Waals surface area contributed by atoms with E-state index in [4.69, 9.17) is 4.98 Å². The van der Waals surface area contributed by atoms with Gasteiger partial charge in [0.25, 0.3) is 0 Å². The van der Waals surface area contributed by atoms with Crippen molar-refractivity contribution in [1.29, 1.82) is 0 Å². The maximum absolute atomic E-state index is 4.80. The third-order valence-electron chi connectivity index (χ3n) is 11.6. The molecule has 4 heteroatoms. The van der Waals surface area contributed by atoms with E-state index in [2.05, 4.69) is 197 Å². The zero-order chi connectivity index (χ0) is 37.5. The van der Waals surface area contributed by atoms with Crippen molar-refractivity contribution < 1.29 is 0 Å². The molecule has 0 aliphatic carbocycles. The first-order chi connectivity index (χ1) is 28.2. The van der Waals surface area contributed by atoms with E-state index in [1.165, 1.54) is 86.0 Å². The number of hydrogen-bond donors (Lipinski definition) is 0. The van der Waals surface area contributed by atoms with Crippen molar-refractivity contribution in [3.8, 4) is 44.8 Å². The van der Waals surface area contributed by atoms with Gasteiger partial charge in [0.1, 0.15) is 0 Å². The molecule has 8 aromatic carbocycles. The Morgan fingerprint density at radius 2 is 0.772 bits per heavy atom. The minimum Gasteiger partial charge on any atom is -0.309 e. The van der Waals surface area contributed by atoms with Crippen molar-refractivity contribution >= 4 is 75.1 Å². The molecule has 12 rings (SSSR count). The molecule has 0 unspecified atom stereocenters. The Bertz CT molecular complexity index is 3370. The summed E-state index contributed by atoms with van der Waals surface area (Å²) in [5.74, 6) is 0. The maximum atomic E-state index is 4.80. The van der Waals surface area contributed by atoms with Crippen molar-refractivity contribution in [2.24, 2.45) is 0 Å². The van der Waals surface area contributed by atoms with E-state index in [9.17, 15) is 0 Å². The third-order valence-corrected chi connectivity index (χ3v) is 12.7. The molecule has 0 N–H and O–H groups in total. The Hall–Kier alpha value is -7.27.